The van der Waals surface area contributed by atoms with Crippen molar-refractivity contribution < 1.29 is 19.1 Å². The maximum Gasteiger partial charge on any atom is 0.323 e. The summed E-state index contributed by atoms with van der Waals surface area (Å²) in [4.78, 5) is 28.4. The number of nitrogens with zero attached hydrogens (tertiary/aromatic N) is 3. The van der Waals surface area contributed by atoms with Crippen LogP contribution in [-0.2, 0) is 9.59 Å². The van der Waals surface area contributed by atoms with E-state index in [1.54, 1.807) is 19.1 Å². The fourth-order valence-corrected chi connectivity index (χ4v) is 2.78. The predicted octanol–water partition coefficient (Wildman–Crippen LogP) is 0.879. The van der Waals surface area contributed by atoms with E-state index in [0.29, 0.717) is 13.1 Å². The number of carbonyl (C=O) groups is 2. The fraction of sp³-hybridized carbons (Fsp3) is 0.500. The van der Waals surface area contributed by atoms with Gasteiger partial charge in [-0.05, 0) is 31.2 Å². The number of hydrogen-bond donors (Lipinski definition) is 1. The molecule has 7 heteroatoms. The smallest absolute Gasteiger partial charge is 0.323 e. The number of piperazine rings is 1. The lowest BCUT2D eigenvalue weighted by Gasteiger charge is -2.39. The summed E-state index contributed by atoms with van der Waals surface area (Å²) in [6, 6.07) is 6.03. The van der Waals surface area contributed by atoms with Gasteiger partial charge in [-0.25, -0.2) is 4.39 Å². The number of likely N-dealkylation sites (N-methyl/N-ethyl adjacent to an activating group) is 1. The summed E-state index contributed by atoms with van der Waals surface area (Å²) in [5.74, 6) is -1.47. The summed E-state index contributed by atoms with van der Waals surface area (Å²) in [6.07, 6.45) is 0. The molecule has 6 nitrogen and oxygen atoms in total. The van der Waals surface area contributed by atoms with Gasteiger partial charge in [0, 0.05) is 38.9 Å². The average Bonchev–Trinajstić information content (AvgIpc) is 2.53. The molecule has 1 aromatic carbocycles. The Labute approximate surface area is 135 Å². The van der Waals surface area contributed by atoms with E-state index in [2.05, 4.69) is 4.90 Å². The first-order valence-electron chi connectivity index (χ1n) is 7.60. The number of anilines is 1. The molecule has 1 aromatic rings. The number of rotatable bonds is 5. The molecule has 2 rings (SSSR count). The minimum absolute atomic E-state index is 0.192. The molecule has 0 unspecified atom stereocenters. The molecule has 23 heavy (non-hydrogen) atoms. The number of aliphatic carboxylic acids is 1. The molecule has 1 aliphatic heterocycles. The van der Waals surface area contributed by atoms with Crippen LogP contribution in [0.3, 0.4) is 0 Å². The number of carbonyl (C=O) groups excluding carboxylic acids is 1. The van der Waals surface area contributed by atoms with E-state index >= 15 is 0 Å². The summed E-state index contributed by atoms with van der Waals surface area (Å²) in [5.41, 5.74) is 0.966. The molecule has 0 spiro atoms. The van der Waals surface area contributed by atoms with E-state index in [-0.39, 0.29) is 24.3 Å². The third-order valence-electron chi connectivity index (χ3n) is 4.16. The Balaban J connectivity index is 1.89. The molecule has 1 atom stereocenters. The normalized spacial score (nSPS) is 16.9. The number of carboxylic acids is 1. The van der Waals surface area contributed by atoms with Crippen molar-refractivity contribution in [3.63, 3.8) is 0 Å². The highest BCUT2D eigenvalue weighted by Gasteiger charge is 2.28. The van der Waals surface area contributed by atoms with Gasteiger partial charge in [0.05, 0.1) is 6.04 Å². The van der Waals surface area contributed by atoms with Gasteiger partial charge in [0.15, 0.2) is 0 Å². The zero-order valence-corrected chi connectivity index (χ0v) is 13.4. The maximum atomic E-state index is 13.0. The van der Waals surface area contributed by atoms with Crippen molar-refractivity contribution in [1.82, 2.24) is 9.80 Å². The van der Waals surface area contributed by atoms with Crippen LogP contribution in [0.4, 0.5) is 10.1 Å². The van der Waals surface area contributed by atoms with Crippen molar-refractivity contribution >= 4 is 17.6 Å². The molecular formula is C16H22FN3O3. The van der Waals surface area contributed by atoms with Crippen molar-refractivity contribution in [3.8, 4) is 0 Å². The van der Waals surface area contributed by atoms with Gasteiger partial charge < -0.3 is 14.9 Å². The van der Waals surface area contributed by atoms with E-state index in [9.17, 15) is 14.0 Å². The summed E-state index contributed by atoms with van der Waals surface area (Å²) < 4.78 is 13.0. The summed E-state index contributed by atoms with van der Waals surface area (Å²) in [6.45, 7) is 4.39. The zero-order valence-electron chi connectivity index (χ0n) is 13.4. The van der Waals surface area contributed by atoms with E-state index in [0.717, 1.165) is 18.8 Å². The van der Waals surface area contributed by atoms with Crippen molar-refractivity contribution in [2.75, 3.05) is 44.7 Å². The van der Waals surface area contributed by atoms with Gasteiger partial charge in [0.25, 0.3) is 0 Å². The highest BCUT2D eigenvalue weighted by Crippen LogP contribution is 2.18. The van der Waals surface area contributed by atoms with Crippen LogP contribution in [0.25, 0.3) is 0 Å². The van der Waals surface area contributed by atoms with E-state index in [4.69, 9.17) is 5.11 Å². The van der Waals surface area contributed by atoms with Crippen LogP contribution in [0.2, 0.25) is 0 Å². The van der Waals surface area contributed by atoms with Gasteiger partial charge in [-0.1, -0.05) is 0 Å². The zero-order chi connectivity index (χ0) is 17.0. The maximum absolute atomic E-state index is 13.0. The van der Waals surface area contributed by atoms with E-state index in [1.165, 1.54) is 24.1 Å². The third-order valence-corrected chi connectivity index (χ3v) is 4.16. The Morgan fingerprint density at radius 2 is 1.78 bits per heavy atom. The first kappa shape index (κ1) is 17.2. The number of benzene rings is 1. The lowest BCUT2D eigenvalue weighted by atomic mass is 10.2. The molecule has 126 valence electrons. The van der Waals surface area contributed by atoms with E-state index in [1.807, 2.05) is 4.90 Å². The van der Waals surface area contributed by atoms with Crippen LogP contribution in [-0.4, -0.2) is 72.6 Å². The van der Waals surface area contributed by atoms with Gasteiger partial charge in [-0.15, -0.1) is 0 Å². The van der Waals surface area contributed by atoms with Crippen molar-refractivity contribution in [2.45, 2.75) is 13.0 Å². The van der Waals surface area contributed by atoms with Crippen molar-refractivity contribution in [3.05, 3.63) is 30.1 Å². The van der Waals surface area contributed by atoms with Crippen LogP contribution in [0.1, 0.15) is 6.92 Å². The highest BCUT2D eigenvalue weighted by molar-refractivity contribution is 5.84. The Hall–Kier alpha value is -2.15. The van der Waals surface area contributed by atoms with Crippen molar-refractivity contribution in [2.24, 2.45) is 0 Å². The minimum Gasteiger partial charge on any atom is -0.480 e. The Morgan fingerprint density at radius 3 is 2.30 bits per heavy atom. The largest absolute Gasteiger partial charge is 0.480 e. The monoisotopic (exact) mass is 323 g/mol. The second-order valence-corrected chi connectivity index (χ2v) is 5.76. The molecule has 1 aliphatic rings. The summed E-state index contributed by atoms with van der Waals surface area (Å²) in [5, 5.41) is 8.76. The quantitative estimate of drug-likeness (QED) is 0.871. The van der Waals surface area contributed by atoms with Crippen molar-refractivity contribution in [1.29, 1.82) is 0 Å². The molecule has 1 amide bonds. The topological polar surface area (TPSA) is 64.1 Å². The van der Waals surface area contributed by atoms with E-state index < -0.39 is 5.97 Å². The highest BCUT2D eigenvalue weighted by atomic mass is 19.1. The van der Waals surface area contributed by atoms with Crippen LogP contribution in [0.15, 0.2) is 24.3 Å². The first-order chi connectivity index (χ1) is 10.9. The van der Waals surface area contributed by atoms with Gasteiger partial charge in [0.1, 0.15) is 12.4 Å². The molecule has 0 bridgehead atoms. The Kier molecular flexibility index (Phi) is 5.54. The molecule has 1 saturated heterocycles. The minimum atomic E-state index is -1.02. The third kappa shape index (κ3) is 4.41. The van der Waals surface area contributed by atoms with Gasteiger partial charge in [-0.3, -0.25) is 14.5 Å². The lowest BCUT2D eigenvalue weighted by Crippen LogP contribution is -2.54. The summed E-state index contributed by atoms with van der Waals surface area (Å²) >= 11 is 0. The Bertz CT molecular complexity index is 556. The lowest BCUT2D eigenvalue weighted by molar-refractivity contribution is -0.145. The SMILES string of the molecule is C[C@@H](C(=O)N(C)CC(=O)O)N1CCN(c2ccc(F)cc2)CC1. The second-order valence-electron chi connectivity index (χ2n) is 5.76. The fourth-order valence-electron chi connectivity index (χ4n) is 2.78. The molecule has 1 heterocycles. The molecule has 0 aliphatic carbocycles. The van der Waals surface area contributed by atoms with Crippen LogP contribution >= 0.6 is 0 Å². The molecule has 0 aromatic heterocycles. The van der Waals surface area contributed by atoms with Crippen LogP contribution in [0, 0.1) is 5.82 Å². The molecule has 1 fully saturated rings. The Morgan fingerprint density at radius 1 is 1.22 bits per heavy atom. The van der Waals surface area contributed by atoms with Gasteiger partial charge in [-0.2, -0.15) is 0 Å². The molecule has 1 N–H and O–H groups in total. The van der Waals surface area contributed by atoms with Gasteiger partial charge in [0.2, 0.25) is 5.91 Å². The van der Waals surface area contributed by atoms with Crippen LogP contribution < -0.4 is 4.90 Å². The predicted molar refractivity (Wildman–Crippen MR) is 84.9 cm³/mol. The number of halogens is 1. The molecule has 0 radical (unpaired) electrons. The number of amides is 1. The first-order valence-corrected chi connectivity index (χ1v) is 7.60. The number of carboxylic acid groups (broad SMARTS) is 1. The average molecular weight is 323 g/mol. The van der Waals surface area contributed by atoms with Crippen LogP contribution in [0.5, 0.6) is 0 Å². The second kappa shape index (κ2) is 7.41. The van der Waals surface area contributed by atoms with Gasteiger partial charge >= 0.3 is 5.97 Å². The number of hydrogen-bond acceptors (Lipinski definition) is 4. The molecule has 0 saturated carbocycles. The standard InChI is InChI=1S/C16H22FN3O3/c1-12(16(23)18(2)11-15(21)22)19-7-9-20(10-8-19)14-5-3-13(17)4-6-14/h3-6,12H,7-11H2,1-2H3,(H,21,22)/t12-/m0/s1. The summed E-state index contributed by atoms with van der Waals surface area (Å²) in [7, 11) is 1.50. The molecular weight excluding hydrogens is 301 g/mol.